The number of phenolic OH excluding ortho intramolecular Hbond substituents is 1. The Morgan fingerprint density at radius 2 is 1.81 bits per heavy atom. The zero-order valence-corrected chi connectivity index (χ0v) is 12.2. The number of nitro benzene ring substituents is 1. The molecule has 0 fully saturated rings. The van der Waals surface area contributed by atoms with E-state index >= 15 is 0 Å². The first-order valence-corrected chi connectivity index (χ1v) is 6.74. The van der Waals surface area contributed by atoms with Crippen LogP contribution in [0, 0.1) is 10.1 Å². The lowest BCUT2D eigenvalue weighted by Gasteiger charge is -2.10. The summed E-state index contributed by atoms with van der Waals surface area (Å²) in [6, 6.07) is 9.36. The van der Waals surface area contributed by atoms with Crippen molar-refractivity contribution in [3.63, 3.8) is 0 Å². The summed E-state index contributed by atoms with van der Waals surface area (Å²) >= 11 is 1.17. The Bertz CT molecular complexity index is 674. The maximum atomic E-state index is 11.2. The van der Waals surface area contributed by atoms with E-state index in [2.05, 4.69) is 0 Å². The summed E-state index contributed by atoms with van der Waals surface area (Å²) in [5.74, 6) is 0.804. The van der Waals surface area contributed by atoms with Gasteiger partial charge in [-0.1, -0.05) is 17.8 Å². The molecule has 0 unspecified atom stereocenters. The number of nitro groups is 1. The summed E-state index contributed by atoms with van der Waals surface area (Å²) in [7, 11) is 2.89. The molecule has 0 heterocycles. The Labute approximate surface area is 125 Å². The maximum absolute atomic E-state index is 11.2. The van der Waals surface area contributed by atoms with Crippen LogP contribution in [-0.4, -0.2) is 24.2 Å². The fourth-order valence-corrected chi connectivity index (χ4v) is 2.73. The second kappa shape index (κ2) is 6.36. The molecule has 0 bridgehead atoms. The van der Waals surface area contributed by atoms with E-state index in [9.17, 15) is 15.2 Å². The average molecular weight is 307 g/mol. The number of hydrogen-bond donors (Lipinski definition) is 1. The van der Waals surface area contributed by atoms with E-state index in [1.54, 1.807) is 18.2 Å². The molecule has 0 spiro atoms. The largest absolute Gasteiger partial charge is 0.508 e. The highest BCUT2D eigenvalue weighted by Crippen LogP contribution is 2.42. The summed E-state index contributed by atoms with van der Waals surface area (Å²) in [5, 5.41) is 20.7. The van der Waals surface area contributed by atoms with Gasteiger partial charge in [-0.15, -0.1) is 0 Å². The molecule has 2 aromatic rings. The summed E-state index contributed by atoms with van der Waals surface area (Å²) in [6.07, 6.45) is 0. The molecule has 2 aromatic carbocycles. The van der Waals surface area contributed by atoms with Gasteiger partial charge in [0.2, 0.25) is 0 Å². The fourth-order valence-electron chi connectivity index (χ4n) is 1.75. The molecule has 0 saturated carbocycles. The van der Waals surface area contributed by atoms with Gasteiger partial charge in [-0.3, -0.25) is 10.1 Å². The number of nitrogens with zero attached hydrogens (tertiary/aromatic N) is 1. The Morgan fingerprint density at radius 3 is 2.38 bits per heavy atom. The van der Waals surface area contributed by atoms with Crippen molar-refractivity contribution in [2.24, 2.45) is 0 Å². The van der Waals surface area contributed by atoms with Gasteiger partial charge in [0.15, 0.2) is 11.5 Å². The third kappa shape index (κ3) is 3.38. The van der Waals surface area contributed by atoms with Crippen molar-refractivity contribution in [3.05, 3.63) is 46.5 Å². The minimum absolute atomic E-state index is 0.0824. The van der Waals surface area contributed by atoms with Crippen molar-refractivity contribution in [2.45, 2.75) is 9.79 Å². The molecule has 0 atom stereocenters. The highest BCUT2D eigenvalue weighted by molar-refractivity contribution is 7.99. The van der Waals surface area contributed by atoms with Crippen LogP contribution in [0.1, 0.15) is 0 Å². The van der Waals surface area contributed by atoms with E-state index in [1.165, 1.54) is 44.2 Å². The van der Waals surface area contributed by atoms with Crippen LogP contribution in [0.25, 0.3) is 0 Å². The Kier molecular flexibility index (Phi) is 4.54. The van der Waals surface area contributed by atoms with Gasteiger partial charge >= 0.3 is 0 Å². The minimum atomic E-state index is -0.479. The molecule has 21 heavy (non-hydrogen) atoms. The summed E-state index contributed by atoms with van der Waals surface area (Å²) < 4.78 is 10.2. The molecular weight excluding hydrogens is 294 g/mol. The Morgan fingerprint density at radius 1 is 1.14 bits per heavy atom. The van der Waals surface area contributed by atoms with Gasteiger partial charge < -0.3 is 14.6 Å². The monoisotopic (exact) mass is 307 g/mol. The molecule has 7 heteroatoms. The smallest absolute Gasteiger partial charge is 0.287 e. The summed E-state index contributed by atoms with van der Waals surface area (Å²) in [4.78, 5) is 11.8. The molecule has 6 nitrogen and oxygen atoms in total. The van der Waals surface area contributed by atoms with E-state index in [-0.39, 0.29) is 11.4 Å². The molecule has 0 aliphatic heterocycles. The van der Waals surface area contributed by atoms with Crippen molar-refractivity contribution < 1.29 is 19.5 Å². The zero-order chi connectivity index (χ0) is 15.4. The molecule has 2 rings (SSSR count). The van der Waals surface area contributed by atoms with E-state index < -0.39 is 4.92 Å². The van der Waals surface area contributed by atoms with Crippen LogP contribution < -0.4 is 9.47 Å². The zero-order valence-electron chi connectivity index (χ0n) is 11.4. The van der Waals surface area contributed by atoms with Crippen LogP contribution in [0.5, 0.6) is 17.2 Å². The average Bonchev–Trinajstić information content (AvgIpc) is 2.46. The number of methoxy groups -OCH3 is 2. The van der Waals surface area contributed by atoms with Gasteiger partial charge in [-0.2, -0.15) is 0 Å². The summed E-state index contributed by atoms with van der Waals surface area (Å²) in [6.45, 7) is 0. The van der Waals surface area contributed by atoms with Gasteiger partial charge in [0, 0.05) is 11.0 Å². The fraction of sp³-hybridized carbons (Fsp3) is 0.143. The highest BCUT2D eigenvalue weighted by Gasteiger charge is 2.20. The second-order valence-corrected chi connectivity index (χ2v) is 5.15. The first kappa shape index (κ1) is 15.0. The van der Waals surface area contributed by atoms with Crippen molar-refractivity contribution in [1.29, 1.82) is 0 Å². The lowest BCUT2D eigenvalue weighted by atomic mass is 10.3. The maximum Gasteiger partial charge on any atom is 0.287 e. The third-order valence-corrected chi connectivity index (χ3v) is 3.74. The van der Waals surface area contributed by atoms with E-state index in [0.717, 1.165) is 0 Å². The van der Waals surface area contributed by atoms with Crippen molar-refractivity contribution in [1.82, 2.24) is 0 Å². The molecule has 0 radical (unpaired) electrons. The molecule has 0 aliphatic rings. The van der Waals surface area contributed by atoms with Crippen LogP contribution in [0.15, 0.2) is 46.2 Å². The molecule has 0 amide bonds. The van der Waals surface area contributed by atoms with E-state index in [1.807, 2.05) is 0 Å². The standard InChI is InChI=1S/C14H13NO5S/c1-19-12-7-11(15(17)18)14(8-13(12)20-2)21-10-5-3-4-9(16)6-10/h3-8,16H,1-2H3. The first-order chi connectivity index (χ1) is 10.0. The van der Waals surface area contributed by atoms with Gasteiger partial charge in [0.25, 0.3) is 5.69 Å². The number of aromatic hydroxyl groups is 1. The SMILES string of the molecule is COc1cc(Sc2cccc(O)c2)c([N+](=O)[O-])cc1OC. The van der Waals surface area contributed by atoms with Gasteiger partial charge in [-0.25, -0.2) is 0 Å². The summed E-state index contributed by atoms with van der Waals surface area (Å²) in [5.41, 5.74) is -0.0824. The van der Waals surface area contributed by atoms with Crippen molar-refractivity contribution in [2.75, 3.05) is 14.2 Å². The Balaban J connectivity index is 2.48. The van der Waals surface area contributed by atoms with Crippen LogP contribution in [0.3, 0.4) is 0 Å². The quantitative estimate of drug-likeness (QED) is 0.673. The number of phenols is 1. The molecule has 110 valence electrons. The highest BCUT2D eigenvalue weighted by atomic mass is 32.2. The number of rotatable bonds is 5. The molecule has 0 aromatic heterocycles. The topological polar surface area (TPSA) is 81.8 Å². The van der Waals surface area contributed by atoms with Gasteiger partial charge in [0.1, 0.15) is 5.75 Å². The van der Waals surface area contributed by atoms with Crippen molar-refractivity contribution in [3.8, 4) is 17.2 Å². The van der Waals surface area contributed by atoms with E-state index in [4.69, 9.17) is 9.47 Å². The lowest BCUT2D eigenvalue weighted by Crippen LogP contribution is -1.96. The predicted octanol–water partition coefficient (Wildman–Crippen LogP) is 3.47. The van der Waals surface area contributed by atoms with Crippen LogP contribution in [-0.2, 0) is 0 Å². The van der Waals surface area contributed by atoms with Gasteiger partial charge in [-0.05, 0) is 18.2 Å². The third-order valence-electron chi connectivity index (χ3n) is 2.71. The second-order valence-electron chi connectivity index (χ2n) is 4.03. The first-order valence-electron chi connectivity index (χ1n) is 5.92. The number of benzene rings is 2. The van der Waals surface area contributed by atoms with Crippen molar-refractivity contribution >= 4 is 17.4 Å². The van der Waals surface area contributed by atoms with E-state index in [0.29, 0.717) is 21.3 Å². The minimum Gasteiger partial charge on any atom is -0.508 e. The molecule has 1 N–H and O–H groups in total. The van der Waals surface area contributed by atoms with Crippen LogP contribution in [0.4, 0.5) is 5.69 Å². The number of ether oxygens (including phenoxy) is 2. The van der Waals surface area contributed by atoms with Crippen LogP contribution in [0.2, 0.25) is 0 Å². The Hall–Kier alpha value is -2.41. The number of hydrogen-bond acceptors (Lipinski definition) is 6. The predicted molar refractivity (Wildman–Crippen MR) is 78.4 cm³/mol. The lowest BCUT2D eigenvalue weighted by molar-refractivity contribution is -0.387. The molecule has 0 saturated heterocycles. The molecule has 0 aliphatic carbocycles. The van der Waals surface area contributed by atoms with Crippen LogP contribution >= 0.6 is 11.8 Å². The van der Waals surface area contributed by atoms with Gasteiger partial charge in [0.05, 0.1) is 30.1 Å². The molecular formula is C14H13NO5S. The normalized spacial score (nSPS) is 10.2.